The summed E-state index contributed by atoms with van der Waals surface area (Å²) in [6.07, 6.45) is -0.616. The van der Waals surface area contributed by atoms with Crippen molar-refractivity contribution in [3.8, 4) is 17.2 Å². The SMILES string of the molecule is COc1ccc(CN(C)C(=O)C(C)Oc2cc(C)c(Cl)c(C)c2)cc1OC. The van der Waals surface area contributed by atoms with Crippen LogP contribution in [0, 0.1) is 13.8 Å². The molecule has 2 rings (SSSR count). The van der Waals surface area contributed by atoms with E-state index in [0.717, 1.165) is 16.7 Å². The lowest BCUT2D eigenvalue weighted by Crippen LogP contribution is -2.37. The average molecular weight is 392 g/mol. The molecule has 2 aromatic rings. The van der Waals surface area contributed by atoms with E-state index in [1.807, 2.05) is 44.2 Å². The van der Waals surface area contributed by atoms with Crippen molar-refractivity contribution < 1.29 is 19.0 Å². The number of carbonyl (C=O) groups excluding carboxylic acids is 1. The topological polar surface area (TPSA) is 48.0 Å². The molecule has 0 saturated carbocycles. The number of amides is 1. The van der Waals surface area contributed by atoms with Gasteiger partial charge in [0.2, 0.25) is 0 Å². The number of nitrogens with zero attached hydrogens (tertiary/aromatic N) is 1. The lowest BCUT2D eigenvalue weighted by atomic mass is 10.1. The highest BCUT2D eigenvalue weighted by atomic mass is 35.5. The first-order valence-corrected chi connectivity index (χ1v) is 9.04. The van der Waals surface area contributed by atoms with Crippen LogP contribution in [0.2, 0.25) is 5.02 Å². The molecule has 0 aliphatic rings. The van der Waals surface area contributed by atoms with Gasteiger partial charge in [-0.2, -0.15) is 0 Å². The molecule has 0 fully saturated rings. The fourth-order valence-electron chi connectivity index (χ4n) is 2.87. The van der Waals surface area contributed by atoms with Gasteiger partial charge >= 0.3 is 0 Å². The minimum Gasteiger partial charge on any atom is -0.493 e. The van der Waals surface area contributed by atoms with Crippen molar-refractivity contribution in [1.82, 2.24) is 4.90 Å². The van der Waals surface area contributed by atoms with Crippen molar-refractivity contribution in [1.29, 1.82) is 0 Å². The third-order valence-corrected chi connectivity index (χ3v) is 4.91. The van der Waals surface area contributed by atoms with Crippen LogP contribution in [-0.4, -0.2) is 38.2 Å². The zero-order valence-corrected chi connectivity index (χ0v) is 17.4. The van der Waals surface area contributed by atoms with E-state index in [1.54, 1.807) is 33.1 Å². The summed E-state index contributed by atoms with van der Waals surface area (Å²) in [7, 11) is 4.92. The van der Waals surface area contributed by atoms with Gasteiger partial charge in [-0.1, -0.05) is 17.7 Å². The van der Waals surface area contributed by atoms with Crippen LogP contribution >= 0.6 is 11.6 Å². The summed E-state index contributed by atoms with van der Waals surface area (Å²) in [5.41, 5.74) is 2.78. The highest BCUT2D eigenvalue weighted by Gasteiger charge is 2.20. The Balaban J connectivity index is 2.06. The molecule has 1 unspecified atom stereocenters. The number of carbonyl (C=O) groups is 1. The number of hydrogen-bond acceptors (Lipinski definition) is 4. The van der Waals surface area contributed by atoms with Crippen LogP contribution in [-0.2, 0) is 11.3 Å². The molecule has 27 heavy (non-hydrogen) atoms. The smallest absolute Gasteiger partial charge is 0.263 e. The number of likely N-dealkylation sites (N-methyl/N-ethyl adjacent to an activating group) is 1. The van der Waals surface area contributed by atoms with Gasteiger partial charge in [0.25, 0.3) is 5.91 Å². The molecule has 146 valence electrons. The highest BCUT2D eigenvalue weighted by Crippen LogP contribution is 2.28. The van der Waals surface area contributed by atoms with Gasteiger partial charge in [0.1, 0.15) is 5.75 Å². The van der Waals surface area contributed by atoms with E-state index in [4.69, 9.17) is 25.8 Å². The van der Waals surface area contributed by atoms with Gasteiger partial charge < -0.3 is 19.1 Å². The maximum absolute atomic E-state index is 12.7. The molecule has 1 amide bonds. The van der Waals surface area contributed by atoms with E-state index in [9.17, 15) is 4.79 Å². The van der Waals surface area contributed by atoms with Crippen molar-refractivity contribution in [2.24, 2.45) is 0 Å². The van der Waals surface area contributed by atoms with E-state index in [1.165, 1.54) is 0 Å². The second-order valence-electron chi connectivity index (χ2n) is 6.51. The van der Waals surface area contributed by atoms with Gasteiger partial charge in [-0.15, -0.1) is 0 Å². The van der Waals surface area contributed by atoms with Crippen LogP contribution in [0.3, 0.4) is 0 Å². The maximum Gasteiger partial charge on any atom is 0.263 e. The van der Waals surface area contributed by atoms with E-state index in [2.05, 4.69) is 0 Å². The van der Waals surface area contributed by atoms with Crippen LogP contribution in [0.25, 0.3) is 0 Å². The third kappa shape index (κ3) is 5.07. The summed E-state index contributed by atoms with van der Waals surface area (Å²) < 4.78 is 16.4. The molecule has 0 saturated heterocycles. The molecule has 6 heteroatoms. The van der Waals surface area contributed by atoms with Crippen molar-refractivity contribution in [3.63, 3.8) is 0 Å². The number of halogens is 1. The average Bonchev–Trinajstić information content (AvgIpc) is 2.65. The van der Waals surface area contributed by atoms with Crippen LogP contribution < -0.4 is 14.2 Å². The Morgan fingerprint density at radius 2 is 1.67 bits per heavy atom. The molecule has 0 aliphatic carbocycles. The number of benzene rings is 2. The monoisotopic (exact) mass is 391 g/mol. The molecule has 0 N–H and O–H groups in total. The van der Waals surface area contributed by atoms with Crippen LogP contribution in [0.5, 0.6) is 17.2 Å². The quantitative estimate of drug-likeness (QED) is 0.701. The van der Waals surface area contributed by atoms with Crippen LogP contribution in [0.1, 0.15) is 23.6 Å². The summed E-state index contributed by atoms with van der Waals surface area (Å²) in [6, 6.07) is 9.27. The Hall–Kier alpha value is -2.40. The van der Waals surface area contributed by atoms with Crippen LogP contribution in [0.15, 0.2) is 30.3 Å². The fourth-order valence-corrected chi connectivity index (χ4v) is 2.98. The first-order chi connectivity index (χ1) is 12.8. The number of methoxy groups -OCH3 is 2. The standard InChI is InChI=1S/C21H26ClNO4/c1-13-9-17(10-14(2)20(13)22)27-15(3)21(24)23(4)12-16-7-8-18(25-5)19(11-16)26-6/h7-11,15H,12H2,1-6H3. The van der Waals surface area contributed by atoms with E-state index >= 15 is 0 Å². The van der Waals surface area contributed by atoms with Crippen molar-refractivity contribution in [2.75, 3.05) is 21.3 Å². The van der Waals surface area contributed by atoms with Crippen LogP contribution in [0.4, 0.5) is 0 Å². The summed E-state index contributed by atoms with van der Waals surface area (Å²) in [5, 5.41) is 0.715. The number of ether oxygens (including phenoxy) is 3. The zero-order valence-electron chi connectivity index (χ0n) is 16.6. The highest BCUT2D eigenvalue weighted by molar-refractivity contribution is 6.32. The molecule has 0 heterocycles. The third-order valence-electron chi connectivity index (χ3n) is 4.31. The van der Waals surface area contributed by atoms with Gasteiger partial charge in [0, 0.05) is 18.6 Å². The maximum atomic E-state index is 12.7. The molecule has 5 nitrogen and oxygen atoms in total. The predicted octanol–water partition coefficient (Wildman–Crippen LogP) is 4.40. The molecule has 0 spiro atoms. The van der Waals surface area contributed by atoms with Gasteiger partial charge in [-0.05, 0) is 61.7 Å². The van der Waals surface area contributed by atoms with E-state index < -0.39 is 6.10 Å². The molecule has 0 aromatic heterocycles. The summed E-state index contributed by atoms with van der Waals surface area (Å²) in [5.74, 6) is 1.80. The molecule has 0 radical (unpaired) electrons. The van der Waals surface area contributed by atoms with Crippen molar-refractivity contribution in [2.45, 2.75) is 33.4 Å². The lowest BCUT2D eigenvalue weighted by Gasteiger charge is -2.23. The van der Waals surface area contributed by atoms with Gasteiger partial charge in [-0.25, -0.2) is 0 Å². The summed E-state index contributed by atoms with van der Waals surface area (Å²) >= 11 is 6.19. The largest absolute Gasteiger partial charge is 0.493 e. The Labute approximate surface area is 165 Å². The Kier molecular flexibility index (Phi) is 6.97. The Bertz CT molecular complexity index is 799. The fraction of sp³-hybridized carbons (Fsp3) is 0.381. The molecular formula is C21H26ClNO4. The molecule has 1 atom stereocenters. The van der Waals surface area contributed by atoms with Gasteiger partial charge in [0.15, 0.2) is 17.6 Å². The molecular weight excluding hydrogens is 366 g/mol. The normalized spacial score (nSPS) is 11.7. The Morgan fingerprint density at radius 1 is 1.07 bits per heavy atom. The minimum atomic E-state index is -0.616. The number of hydrogen-bond donors (Lipinski definition) is 0. The number of aryl methyl sites for hydroxylation is 2. The molecule has 0 bridgehead atoms. The molecule has 2 aromatic carbocycles. The minimum absolute atomic E-state index is 0.116. The Morgan fingerprint density at radius 3 is 2.22 bits per heavy atom. The predicted molar refractivity (Wildman–Crippen MR) is 107 cm³/mol. The summed E-state index contributed by atoms with van der Waals surface area (Å²) in [4.78, 5) is 14.3. The summed E-state index contributed by atoms with van der Waals surface area (Å²) in [6.45, 7) is 6.01. The first-order valence-electron chi connectivity index (χ1n) is 8.66. The zero-order chi connectivity index (χ0) is 20.1. The second kappa shape index (κ2) is 9.00. The molecule has 0 aliphatic heterocycles. The number of rotatable bonds is 7. The van der Waals surface area contributed by atoms with E-state index in [-0.39, 0.29) is 5.91 Å². The first kappa shape index (κ1) is 20.9. The second-order valence-corrected chi connectivity index (χ2v) is 6.89. The van der Waals surface area contributed by atoms with Crippen molar-refractivity contribution >= 4 is 17.5 Å². The van der Waals surface area contributed by atoms with E-state index in [0.29, 0.717) is 28.8 Å². The van der Waals surface area contributed by atoms with Gasteiger partial charge in [-0.3, -0.25) is 4.79 Å². The van der Waals surface area contributed by atoms with Gasteiger partial charge in [0.05, 0.1) is 14.2 Å². The lowest BCUT2D eigenvalue weighted by molar-refractivity contribution is -0.137. The van der Waals surface area contributed by atoms with Crippen molar-refractivity contribution in [3.05, 3.63) is 52.0 Å².